The Labute approximate surface area is 125 Å². The summed E-state index contributed by atoms with van der Waals surface area (Å²) in [6, 6.07) is 5.50. The summed E-state index contributed by atoms with van der Waals surface area (Å²) in [5, 5.41) is 3.33. The number of rotatable bonds is 6. The van der Waals surface area contributed by atoms with E-state index in [1.165, 1.54) is 12.8 Å². The monoisotopic (exact) mass is 311 g/mol. The molecule has 1 N–H and O–H groups in total. The van der Waals surface area contributed by atoms with E-state index in [0.29, 0.717) is 42.1 Å². The Morgan fingerprint density at radius 1 is 1.14 bits per heavy atom. The highest BCUT2D eigenvalue weighted by Crippen LogP contribution is 2.32. The van der Waals surface area contributed by atoms with Crippen molar-refractivity contribution in [3.63, 3.8) is 0 Å². The van der Waals surface area contributed by atoms with Gasteiger partial charge >= 0.3 is 0 Å². The number of ether oxygens (including phenoxy) is 2. The predicted molar refractivity (Wildman–Crippen MR) is 79.7 cm³/mol. The van der Waals surface area contributed by atoms with Crippen molar-refractivity contribution >= 4 is 9.84 Å². The van der Waals surface area contributed by atoms with Crippen LogP contribution >= 0.6 is 0 Å². The molecule has 0 bridgehead atoms. The molecule has 5 nitrogen and oxygen atoms in total. The zero-order chi connectivity index (χ0) is 14.7. The van der Waals surface area contributed by atoms with Gasteiger partial charge < -0.3 is 14.8 Å². The molecule has 0 amide bonds. The standard InChI is InChI=1S/C15H21NO4S/c17-21(18,10-1-7-16-12-3-4-12)13-5-6-14-15(11-13)20-9-2-8-19-14/h5-6,11-12,16H,1-4,7-10H2. The number of nitrogens with one attached hydrogen (secondary N) is 1. The minimum atomic E-state index is -3.26. The first kappa shape index (κ1) is 14.7. The smallest absolute Gasteiger partial charge is 0.178 e. The number of hydrogen-bond donors (Lipinski definition) is 1. The maximum Gasteiger partial charge on any atom is 0.178 e. The van der Waals surface area contributed by atoms with Crippen LogP contribution in [0.5, 0.6) is 11.5 Å². The van der Waals surface area contributed by atoms with E-state index in [0.717, 1.165) is 13.0 Å². The molecule has 0 unspecified atom stereocenters. The van der Waals surface area contributed by atoms with Gasteiger partial charge in [-0.2, -0.15) is 0 Å². The Morgan fingerprint density at radius 3 is 2.67 bits per heavy atom. The quantitative estimate of drug-likeness (QED) is 0.811. The van der Waals surface area contributed by atoms with Crippen LogP contribution in [-0.4, -0.2) is 40.0 Å². The van der Waals surface area contributed by atoms with E-state index >= 15 is 0 Å². The fourth-order valence-corrected chi connectivity index (χ4v) is 3.63. The molecule has 1 aliphatic carbocycles. The van der Waals surface area contributed by atoms with E-state index in [1.807, 2.05) is 0 Å². The van der Waals surface area contributed by atoms with Gasteiger partial charge in [-0.3, -0.25) is 0 Å². The van der Waals surface area contributed by atoms with Gasteiger partial charge in [0.2, 0.25) is 0 Å². The molecular formula is C15H21NO4S. The first-order valence-corrected chi connectivity index (χ1v) is 9.16. The van der Waals surface area contributed by atoms with Crippen molar-refractivity contribution in [3.05, 3.63) is 18.2 Å². The van der Waals surface area contributed by atoms with Crippen molar-refractivity contribution in [2.75, 3.05) is 25.5 Å². The normalized spacial score (nSPS) is 18.3. The summed E-state index contributed by atoms with van der Waals surface area (Å²) in [7, 11) is -3.26. The molecular weight excluding hydrogens is 290 g/mol. The molecule has 3 rings (SSSR count). The molecule has 2 aliphatic rings. The van der Waals surface area contributed by atoms with Crippen molar-refractivity contribution < 1.29 is 17.9 Å². The van der Waals surface area contributed by atoms with E-state index in [1.54, 1.807) is 18.2 Å². The van der Waals surface area contributed by atoms with E-state index in [9.17, 15) is 8.42 Å². The largest absolute Gasteiger partial charge is 0.490 e. The van der Waals surface area contributed by atoms with Crippen molar-refractivity contribution in [2.45, 2.75) is 36.6 Å². The number of benzene rings is 1. The molecule has 116 valence electrons. The van der Waals surface area contributed by atoms with Gasteiger partial charge in [0, 0.05) is 18.5 Å². The van der Waals surface area contributed by atoms with Crippen LogP contribution in [0.1, 0.15) is 25.7 Å². The lowest BCUT2D eigenvalue weighted by Gasteiger charge is -2.10. The molecule has 1 aromatic carbocycles. The second-order valence-corrected chi connectivity index (χ2v) is 7.67. The van der Waals surface area contributed by atoms with E-state index in [4.69, 9.17) is 9.47 Å². The Balaban J connectivity index is 1.64. The van der Waals surface area contributed by atoms with Gasteiger partial charge in [0.15, 0.2) is 21.3 Å². The fraction of sp³-hybridized carbons (Fsp3) is 0.600. The van der Waals surface area contributed by atoms with Gasteiger partial charge in [0.05, 0.1) is 23.9 Å². The van der Waals surface area contributed by atoms with Crippen LogP contribution in [-0.2, 0) is 9.84 Å². The average Bonchev–Trinajstić information content (AvgIpc) is 3.29. The summed E-state index contributed by atoms with van der Waals surface area (Å²) in [6.45, 7) is 1.92. The molecule has 1 heterocycles. The second kappa shape index (κ2) is 6.23. The van der Waals surface area contributed by atoms with Gasteiger partial charge in [-0.05, 0) is 37.9 Å². The molecule has 0 atom stereocenters. The van der Waals surface area contributed by atoms with E-state index < -0.39 is 9.84 Å². The maximum absolute atomic E-state index is 12.3. The minimum absolute atomic E-state index is 0.159. The zero-order valence-corrected chi connectivity index (χ0v) is 12.8. The Morgan fingerprint density at radius 2 is 1.90 bits per heavy atom. The van der Waals surface area contributed by atoms with E-state index in [2.05, 4.69) is 5.32 Å². The third kappa shape index (κ3) is 3.89. The number of fused-ring (bicyclic) bond motifs is 1. The van der Waals surface area contributed by atoms with Gasteiger partial charge in [0.25, 0.3) is 0 Å². The SMILES string of the molecule is O=S(=O)(CCCNC1CC1)c1ccc2c(c1)OCCCO2. The summed E-state index contributed by atoms with van der Waals surface area (Å²) in [5.41, 5.74) is 0. The predicted octanol–water partition coefficient (Wildman–Crippen LogP) is 1.76. The average molecular weight is 311 g/mol. The lowest BCUT2D eigenvalue weighted by Crippen LogP contribution is -2.20. The van der Waals surface area contributed by atoms with Gasteiger partial charge in [-0.15, -0.1) is 0 Å². The van der Waals surface area contributed by atoms with Crippen molar-refractivity contribution in [2.24, 2.45) is 0 Å². The highest BCUT2D eigenvalue weighted by atomic mass is 32.2. The van der Waals surface area contributed by atoms with Crippen molar-refractivity contribution in [1.29, 1.82) is 0 Å². The second-order valence-electron chi connectivity index (χ2n) is 5.56. The molecule has 0 saturated heterocycles. The third-order valence-electron chi connectivity index (χ3n) is 3.68. The molecule has 1 fully saturated rings. The summed E-state index contributed by atoms with van der Waals surface area (Å²) < 4.78 is 35.7. The first-order valence-electron chi connectivity index (χ1n) is 7.51. The molecule has 6 heteroatoms. The zero-order valence-electron chi connectivity index (χ0n) is 12.0. The number of hydrogen-bond acceptors (Lipinski definition) is 5. The van der Waals surface area contributed by atoms with Gasteiger partial charge in [0.1, 0.15) is 0 Å². The van der Waals surface area contributed by atoms with Crippen molar-refractivity contribution in [1.82, 2.24) is 5.32 Å². The maximum atomic E-state index is 12.3. The molecule has 1 aromatic rings. The van der Waals surface area contributed by atoms with E-state index in [-0.39, 0.29) is 5.75 Å². The molecule has 0 spiro atoms. The van der Waals surface area contributed by atoms with Crippen LogP contribution in [0.15, 0.2) is 23.1 Å². The van der Waals surface area contributed by atoms with Gasteiger partial charge in [-0.25, -0.2) is 8.42 Å². The Hall–Kier alpha value is -1.27. The van der Waals surface area contributed by atoms with Crippen LogP contribution in [0.4, 0.5) is 0 Å². The molecule has 1 saturated carbocycles. The first-order chi connectivity index (χ1) is 10.1. The number of sulfone groups is 1. The van der Waals surface area contributed by atoms with Gasteiger partial charge in [-0.1, -0.05) is 0 Å². The van der Waals surface area contributed by atoms with Crippen LogP contribution in [0.25, 0.3) is 0 Å². The molecule has 1 aliphatic heterocycles. The fourth-order valence-electron chi connectivity index (χ4n) is 2.31. The molecule has 0 aromatic heterocycles. The Bertz CT molecular complexity index is 596. The summed E-state index contributed by atoms with van der Waals surface area (Å²) in [4.78, 5) is 0.318. The lowest BCUT2D eigenvalue weighted by molar-refractivity contribution is 0.297. The topological polar surface area (TPSA) is 64.6 Å². The van der Waals surface area contributed by atoms with Crippen molar-refractivity contribution in [3.8, 4) is 11.5 Å². The highest BCUT2D eigenvalue weighted by molar-refractivity contribution is 7.91. The molecule has 21 heavy (non-hydrogen) atoms. The molecule has 0 radical (unpaired) electrons. The lowest BCUT2D eigenvalue weighted by atomic mass is 10.3. The van der Waals surface area contributed by atoms with Crippen LogP contribution in [0, 0.1) is 0 Å². The summed E-state index contributed by atoms with van der Waals surface area (Å²) in [6.07, 6.45) is 3.88. The van der Waals surface area contributed by atoms with Crippen LogP contribution < -0.4 is 14.8 Å². The third-order valence-corrected chi connectivity index (χ3v) is 5.48. The van der Waals surface area contributed by atoms with Crippen LogP contribution in [0.2, 0.25) is 0 Å². The highest BCUT2D eigenvalue weighted by Gasteiger charge is 2.21. The van der Waals surface area contributed by atoms with Crippen LogP contribution in [0.3, 0.4) is 0 Å². The Kier molecular flexibility index (Phi) is 4.35. The summed E-state index contributed by atoms with van der Waals surface area (Å²) >= 11 is 0. The minimum Gasteiger partial charge on any atom is -0.490 e. The summed E-state index contributed by atoms with van der Waals surface area (Å²) in [5.74, 6) is 1.32.